The molecule has 2 N–H and O–H groups in total. The number of nitrogens with two attached hydrogens (primary N) is 1. The predicted molar refractivity (Wildman–Crippen MR) is 74.7 cm³/mol. The average molecular weight is 273 g/mol. The summed E-state index contributed by atoms with van der Waals surface area (Å²) in [7, 11) is 0. The van der Waals surface area contributed by atoms with E-state index in [4.69, 9.17) is 10.5 Å². The van der Waals surface area contributed by atoms with Gasteiger partial charge in [0.1, 0.15) is 5.75 Å². The van der Waals surface area contributed by atoms with Crippen molar-refractivity contribution in [3.8, 4) is 11.6 Å². The maximum absolute atomic E-state index is 10.7. The van der Waals surface area contributed by atoms with Crippen molar-refractivity contribution in [3.63, 3.8) is 0 Å². The Morgan fingerprint density at radius 1 is 1.35 bits per heavy atom. The topological polar surface area (TPSA) is 91.3 Å². The van der Waals surface area contributed by atoms with Crippen LogP contribution in [0.5, 0.6) is 11.6 Å². The van der Waals surface area contributed by atoms with Crippen LogP contribution in [0.15, 0.2) is 36.5 Å². The number of rotatable bonds is 4. The molecule has 2 aromatic rings. The van der Waals surface area contributed by atoms with Crippen molar-refractivity contribution < 1.29 is 9.66 Å². The summed E-state index contributed by atoms with van der Waals surface area (Å²) in [6.45, 7) is 3.62. The van der Waals surface area contributed by atoms with Crippen molar-refractivity contribution in [2.24, 2.45) is 5.73 Å². The monoisotopic (exact) mass is 273 g/mol. The van der Waals surface area contributed by atoms with Crippen molar-refractivity contribution in [2.45, 2.75) is 19.9 Å². The van der Waals surface area contributed by atoms with Crippen LogP contribution in [0.3, 0.4) is 0 Å². The van der Waals surface area contributed by atoms with Crippen molar-refractivity contribution >= 4 is 5.69 Å². The third-order valence-electron chi connectivity index (χ3n) is 2.87. The van der Waals surface area contributed by atoms with Gasteiger partial charge in [0.05, 0.1) is 4.92 Å². The molecule has 0 aliphatic rings. The van der Waals surface area contributed by atoms with Gasteiger partial charge in [-0.05, 0) is 37.1 Å². The second kappa shape index (κ2) is 5.66. The lowest BCUT2D eigenvalue weighted by atomic mass is 10.1. The minimum atomic E-state index is -0.439. The number of nitro groups is 1. The zero-order chi connectivity index (χ0) is 14.7. The van der Waals surface area contributed by atoms with Gasteiger partial charge in [-0.2, -0.15) is 0 Å². The fraction of sp³-hybridized carbons (Fsp3) is 0.214. The molecule has 1 heterocycles. The highest BCUT2D eigenvalue weighted by Gasteiger charge is 2.10. The summed E-state index contributed by atoms with van der Waals surface area (Å²) in [4.78, 5) is 14.3. The number of aromatic nitrogens is 1. The molecule has 0 unspecified atom stereocenters. The minimum absolute atomic E-state index is 0.0344. The number of hydrogen-bond donors (Lipinski definition) is 1. The Labute approximate surface area is 116 Å². The van der Waals surface area contributed by atoms with Crippen LogP contribution in [0, 0.1) is 17.0 Å². The molecule has 0 spiro atoms. The van der Waals surface area contributed by atoms with Gasteiger partial charge >= 0.3 is 0 Å². The van der Waals surface area contributed by atoms with Crippen LogP contribution >= 0.6 is 0 Å². The first-order chi connectivity index (χ1) is 9.47. The van der Waals surface area contributed by atoms with Crippen LogP contribution in [0.4, 0.5) is 5.69 Å². The normalized spacial score (nSPS) is 11.9. The third kappa shape index (κ3) is 3.10. The van der Waals surface area contributed by atoms with Crippen LogP contribution in [0.2, 0.25) is 0 Å². The van der Waals surface area contributed by atoms with E-state index in [0.717, 1.165) is 5.56 Å². The molecule has 0 saturated carbocycles. The number of non-ortho nitro benzene ring substituents is 1. The van der Waals surface area contributed by atoms with E-state index in [1.165, 1.54) is 12.1 Å². The number of nitrogens with zero attached hydrogens (tertiary/aromatic N) is 2. The first kappa shape index (κ1) is 14.0. The molecule has 2 rings (SSSR count). The minimum Gasteiger partial charge on any atom is -0.439 e. The Morgan fingerprint density at radius 3 is 2.70 bits per heavy atom. The average Bonchev–Trinajstić information content (AvgIpc) is 2.41. The SMILES string of the molecule is Cc1cc([N+](=O)[O-])ccc1Oc1cc([C@@H](C)N)ccn1. The Balaban J connectivity index is 2.26. The first-order valence-electron chi connectivity index (χ1n) is 6.12. The summed E-state index contributed by atoms with van der Waals surface area (Å²) in [5.74, 6) is 0.946. The highest BCUT2D eigenvalue weighted by Crippen LogP contribution is 2.27. The van der Waals surface area contributed by atoms with E-state index in [1.807, 2.05) is 13.0 Å². The van der Waals surface area contributed by atoms with Crippen LogP contribution in [-0.2, 0) is 0 Å². The number of benzene rings is 1. The molecule has 104 valence electrons. The fourth-order valence-corrected chi connectivity index (χ4v) is 1.74. The summed E-state index contributed by atoms with van der Waals surface area (Å²) < 4.78 is 5.65. The van der Waals surface area contributed by atoms with E-state index >= 15 is 0 Å². The van der Waals surface area contributed by atoms with Gasteiger partial charge in [-0.15, -0.1) is 0 Å². The number of nitro benzene ring substituents is 1. The summed E-state index contributed by atoms with van der Waals surface area (Å²) in [5.41, 5.74) is 7.42. The quantitative estimate of drug-likeness (QED) is 0.682. The molecular weight excluding hydrogens is 258 g/mol. The molecule has 6 heteroatoms. The molecule has 20 heavy (non-hydrogen) atoms. The molecule has 6 nitrogen and oxygen atoms in total. The standard InChI is InChI=1S/C14H15N3O3/c1-9-7-12(17(18)19)3-4-13(9)20-14-8-11(10(2)15)5-6-16-14/h3-8,10H,15H2,1-2H3/t10-/m1/s1. The molecule has 0 fully saturated rings. The van der Waals surface area contributed by atoms with E-state index in [9.17, 15) is 10.1 Å². The van der Waals surface area contributed by atoms with E-state index in [1.54, 1.807) is 25.3 Å². The van der Waals surface area contributed by atoms with Gasteiger partial charge in [-0.1, -0.05) is 0 Å². The first-order valence-corrected chi connectivity index (χ1v) is 6.12. The molecule has 0 radical (unpaired) electrons. The van der Waals surface area contributed by atoms with Gasteiger partial charge in [-0.25, -0.2) is 4.98 Å². The summed E-state index contributed by atoms with van der Waals surface area (Å²) in [5, 5.41) is 10.7. The van der Waals surface area contributed by atoms with Gasteiger partial charge in [-0.3, -0.25) is 10.1 Å². The molecule has 1 atom stereocenters. The number of ether oxygens (including phenoxy) is 1. The van der Waals surface area contributed by atoms with Crippen LogP contribution < -0.4 is 10.5 Å². The summed E-state index contributed by atoms with van der Waals surface area (Å²) in [6, 6.07) is 7.89. The van der Waals surface area contributed by atoms with Crippen molar-refractivity contribution in [3.05, 3.63) is 57.8 Å². The van der Waals surface area contributed by atoms with Crippen LogP contribution in [-0.4, -0.2) is 9.91 Å². The van der Waals surface area contributed by atoms with Crippen LogP contribution in [0.1, 0.15) is 24.1 Å². The predicted octanol–water partition coefficient (Wildman–Crippen LogP) is 3.11. The van der Waals surface area contributed by atoms with Crippen molar-refractivity contribution in [2.75, 3.05) is 0 Å². The lowest BCUT2D eigenvalue weighted by Crippen LogP contribution is -2.05. The Kier molecular flexibility index (Phi) is 3.95. The number of pyridine rings is 1. The Morgan fingerprint density at radius 2 is 2.10 bits per heavy atom. The summed E-state index contributed by atoms with van der Waals surface area (Å²) >= 11 is 0. The Hall–Kier alpha value is -2.47. The van der Waals surface area contributed by atoms with E-state index in [-0.39, 0.29) is 11.7 Å². The second-order valence-electron chi connectivity index (χ2n) is 4.53. The molecule has 1 aromatic carbocycles. The van der Waals surface area contributed by atoms with Gasteiger partial charge in [0.15, 0.2) is 0 Å². The van der Waals surface area contributed by atoms with E-state index in [0.29, 0.717) is 17.2 Å². The molecule has 0 amide bonds. The molecular formula is C14H15N3O3. The fourth-order valence-electron chi connectivity index (χ4n) is 1.74. The van der Waals surface area contributed by atoms with E-state index < -0.39 is 4.92 Å². The molecule has 0 saturated heterocycles. The molecule has 1 aromatic heterocycles. The van der Waals surface area contributed by atoms with Gasteiger partial charge in [0.2, 0.25) is 5.88 Å². The van der Waals surface area contributed by atoms with Gasteiger partial charge in [0, 0.05) is 30.4 Å². The molecule has 0 bridgehead atoms. The lowest BCUT2D eigenvalue weighted by Gasteiger charge is -2.10. The smallest absolute Gasteiger partial charge is 0.269 e. The highest BCUT2D eigenvalue weighted by atomic mass is 16.6. The second-order valence-corrected chi connectivity index (χ2v) is 4.53. The maximum atomic E-state index is 10.7. The van der Waals surface area contributed by atoms with Crippen LogP contribution in [0.25, 0.3) is 0 Å². The number of hydrogen-bond acceptors (Lipinski definition) is 5. The highest BCUT2D eigenvalue weighted by molar-refractivity contribution is 5.44. The summed E-state index contributed by atoms with van der Waals surface area (Å²) in [6.07, 6.45) is 1.62. The maximum Gasteiger partial charge on any atom is 0.269 e. The van der Waals surface area contributed by atoms with Crippen molar-refractivity contribution in [1.82, 2.24) is 4.98 Å². The van der Waals surface area contributed by atoms with Gasteiger partial charge < -0.3 is 10.5 Å². The molecule has 0 aliphatic heterocycles. The zero-order valence-electron chi connectivity index (χ0n) is 11.2. The van der Waals surface area contributed by atoms with Gasteiger partial charge in [0.25, 0.3) is 5.69 Å². The number of aryl methyl sites for hydroxylation is 1. The van der Waals surface area contributed by atoms with E-state index in [2.05, 4.69) is 4.98 Å². The Bertz CT molecular complexity index is 641. The third-order valence-corrected chi connectivity index (χ3v) is 2.87. The zero-order valence-corrected chi connectivity index (χ0v) is 11.2. The largest absolute Gasteiger partial charge is 0.439 e. The van der Waals surface area contributed by atoms with Crippen molar-refractivity contribution in [1.29, 1.82) is 0 Å². The molecule has 0 aliphatic carbocycles. The lowest BCUT2D eigenvalue weighted by molar-refractivity contribution is -0.384.